The predicted molar refractivity (Wildman–Crippen MR) is 122 cm³/mol. The first-order valence-electron chi connectivity index (χ1n) is 10.4. The van der Waals surface area contributed by atoms with E-state index in [1.807, 2.05) is 30.3 Å². The fourth-order valence-corrected chi connectivity index (χ4v) is 3.68. The minimum absolute atomic E-state index is 0.0290. The molecule has 0 saturated heterocycles. The number of carbonyl (C=O) groups excluding carboxylic acids is 2. The van der Waals surface area contributed by atoms with E-state index in [1.54, 1.807) is 18.3 Å². The van der Waals surface area contributed by atoms with Crippen LogP contribution < -0.4 is 5.32 Å². The maximum Gasteiger partial charge on any atom is 0.186 e. The first kappa shape index (κ1) is 20.7. The van der Waals surface area contributed by atoms with E-state index < -0.39 is 6.04 Å². The molecule has 4 aromatic rings. The molecule has 1 atom stereocenters. The highest BCUT2D eigenvalue weighted by Crippen LogP contribution is 2.24. The number of fused-ring (bicyclic) bond motifs is 1. The summed E-state index contributed by atoms with van der Waals surface area (Å²) in [6, 6.07) is 21.2. The molecule has 0 aliphatic heterocycles. The second-order valence-corrected chi connectivity index (χ2v) is 7.75. The fourth-order valence-electron chi connectivity index (χ4n) is 3.68. The Labute approximate surface area is 181 Å². The van der Waals surface area contributed by atoms with Crippen LogP contribution in [0.15, 0.2) is 72.9 Å². The van der Waals surface area contributed by atoms with E-state index in [-0.39, 0.29) is 11.6 Å². The third-order valence-electron chi connectivity index (χ3n) is 5.44. The van der Waals surface area contributed by atoms with E-state index in [1.165, 1.54) is 18.1 Å². The van der Waals surface area contributed by atoms with E-state index in [0.717, 1.165) is 17.4 Å². The number of carbonyl (C=O) groups is 2. The molecule has 0 unspecified atom stereocenters. The zero-order valence-corrected chi connectivity index (χ0v) is 17.7. The van der Waals surface area contributed by atoms with Crippen molar-refractivity contribution in [2.75, 3.05) is 6.54 Å². The molecule has 2 aromatic carbocycles. The number of pyridine rings is 1. The zero-order chi connectivity index (χ0) is 21.8. The molecule has 4 rings (SSSR count). The third kappa shape index (κ3) is 4.62. The highest BCUT2D eigenvalue weighted by Gasteiger charge is 2.24. The molecule has 5 nitrogen and oxygen atoms in total. The number of ketones is 2. The van der Waals surface area contributed by atoms with Crippen LogP contribution in [0.3, 0.4) is 0 Å². The van der Waals surface area contributed by atoms with Gasteiger partial charge in [-0.2, -0.15) is 0 Å². The first-order valence-corrected chi connectivity index (χ1v) is 10.4. The molecule has 0 saturated carbocycles. The lowest BCUT2D eigenvalue weighted by Gasteiger charge is -2.18. The number of hydrogen-bond donors (Lipinski definition) is 2. The second kappa shape index (κ2) is 9.06. The van der Waals surface area contributed by atoms with Crippen molar-refractivity contribution in [2.45, 2.75) is 26.3 Å². The molecule has 0 amide bonds. The number of aromatic nitrogens is 2. The quantitative estimate of drug-likeness (QED) is 0.407. The van der Waals surface area contributed by atoms with Crippen LogP contribution in [0.2, 0.25) is 0 Å². The molecule has 156 valence electrons. The summed E-state index contributed by atoms with van der Waals surface area (Å²) in [5.74, 6) is -0.136. The van der Waals surface area contributed by atoms with Gasteiger partial charge in [0.2, 0.25) is 0 Å². The highest BCUT2D eigenvalue weighted by molar-refractivity contribution is 6.10. The number of nitrogens with zero attached hydrogens (tertiary/aromatic N) is 1. The van der Waals surface area contributed by atoms with Gasteiger partial charge >= 0.3 is 0 Å². The van der Waals surface area contributed by atoms with Crippen molar-refractivity contribution in [3.8, 4) is 0 Å². The van der Waals surface area contributed by atoms with Crippen molar-refractivity contribution in [3.05, 3.63) is 101 Å². The lowest BCUT2D eigenvalue weighted by Crippen LogP contribution is -2.30. The monoisotopic (exact) mass is 411 g/mol. The first-order chi connectivity index (χ1) is 15.0. The Morgan fingerprint density at radius 3 is 2.45 bits per heavy atom. The predicted octanol–water partition coefficient (Wildman–Crippen LogP) is 4.83. The molecule has 2 N–H and O–H groups in total. The molecular formula is C26H25N3O2. The maximum absolute atomic E-state index is 13.5. The van der Waals surface area contributed by atoms with Crippen LogP contribution in [0.25, 0.3) is 11.0 Å². The van der Waals surface area contributed by atoms with Crippen molar-refractivity contribution in [2.24, 2.45) is 0 Å². The van der Waals surface area contributed by atoms with E-state index in [0.29, 0.717) is 23.4 Å². The summed E-state index contributed by atoms with van der Waals surface area (Å²) < 4.78 is 0. The van der Waals surface area contributed by atoms with Gasteiger partial charge in [0, 0.05) is 30.6 Å². The lowest BCUT2D eigenvalue weighted by atomic mass is 9.97. The average Bonchev–Trinajstić information content (AvgIpc) is 3.21. The number of benzene rings is 2. The number of H-pyrrole nitrogens is 1. The number of aromatic amines is 1. The Hall–Kier alpha value is -3.57. The summed E-state index contributed by atoms with van der Waals surface area (Å²) in [5, 5.41) is 4.16. The molecule has 0 bridgehead atoms. The molecule has 2 aromatic heterocycles. The van der Waals surface area contributed by atoms with Crippen LogP contribution in [0, 0.1) is 6.92 Å². The minimum atomic E-state index is -0.474. The van der Waals surface area contributed by atoms with E-state index in [9.17, 15) is 9.59 Å². The lowest BCUT2D eigenvalue weighted by molar-refractivity contribution is 0.0944. The van der Waals surface area contributed by atoms with Crippen LogP contribution in [-0.2, 0) is 6.42 Å². The van der Waals surface area contributed by atoms with Crippen LogP contribution >= 0.6 is 0 Å². The van der Waals surface area contributed by atoms with Crippen LogP contribution in [0.4, 0.5) is 0 Å². The summed E-state index contributed by atoms with van der Waals surface area (Å²) in [6.07, 6.45) is 2.51. The molecule has 2 heterocycles. The molecule has 0 aliphatic carbocycles. The molecule has 0 aliphatic rings. The summed E-state index contributed by atoms with van der Waals surface area (Å²) in [4.78, 5) is 32.6. The van der Waals surface area contributed by atoms with Crippen LogP contribution in [0.5, 0.6) is 0 Å². The van der Waals surface area contributed by atoms with Gasteiger partial charge in [-0.15, -0.1) is 0 Å². The van der Waals surface area contributed by atoms with Gasteiger partial charge in [-0.3, -0.25) is 9.59 Å². The van der Waals surface area contributed by atoms with Gasteiger partial charge in [0.05, 0.1) is 6.04 Å². The fraction of sp³-hybridized carbons (Fsp3) is 0.192. The number of Topliss-reactive ketones (excluding diaryl/α,β-unsaturated/α-hetero) is 2. The molecule has 0 radical (unpaired) electrons. The molecule has 0 spiro atoms. The number of nitrogens with one attached hydrogen (secondary N) is 2. The van der Waals surface area contributed by atoms with Crippen LogP contribution in [0.1, 0.15) is 50.5 Å². The Bertz CT molecular complexity index is 1210. The number of aryl methyl sites for hydroxylation is 1. The van der Waals surface area contributed by atoms with Gasteiger partial charge in [-0.05, 0) is 36.6 Å². The Balaban J connectivity index is 1.59. The summed E-state index contributed by atoms with van der Waals surface area (Å²) in [6.45, 7) is 4.22. The second-order valence-electron chi connectivity index (χ2n) is 7.75. The molecule has 5 heteroatoms. The smallest absolute Gasteiger partial charge is 0.186 e. The van der Waals surface area contributed by atoms with Crippen molar-refractivity contribution in [1.82, 2.24) is 15.3 Å². The minimum Gasteiger partial charge on any atom is -0.345 e. The highest BCUT2D eigenvalue weighted by atomic mass is 16.1. The van der Waals surface area contributed by atoms with E-state index in [2.05, 4.69) is 46.5 Å². The number of rotatable bonds is 8. The number of hydrogen-bond acceptors (Lipinski definition) is 4. The Morgan fingerprint density at radius 1 is 1.00 bits per heavy atom. The summed E-state index contributed by atoms with van der Waals surface area (Å²) in [7, 11) is 0. The SMILES string of the molecule is CC(=O)c1ccc2c(C(=O)[C@@H](NCCc3ccc(C)cc3)c3ccccc3)c[nH]c2n1. The topological polar surface area (TPSA) is 74.8 Å². The largest absolute Gasteiger partial charge is 0.345 e. The summed E-state index contributed by atoms with van der Waals surface area (Å²) in [5.41, 5.74) is 4.86. The maximum atomic E-state index is 13.5. The van der Waals surface area contributed by atoms with Crippen molar-refractivity contribution in [3.63, 3.8) is 0 Å². The normalized spacial score (nSPS) is 12.1. The van der Waals surface area contributed by atoms with Gasteiger partial charge in [0.25, 0.3) is 0 Å². The van der Waals surface area contributed by atoms with Crippen molar-refractivity contribution < 1.29 is 9.59 Å². The van der Waals surface area contributed by atoms with Gasteiger partial charge in [-0.25, -0.2) is 4.98 Å². The van der Waals surface area contributed by atoms with Gasteiger partial charge in [0.1, 0.15) is 11.3 Å². The Kier molecular flexibility index (Phi) is 6.05. The van der Waals surface area contributed by atoms with Gasteiger partial charge in [0.15, 0.2) is 11.6 Å². The molecular weight excluding hydrogens is 386 g/mol. The third-order valence-corrected chi connectivity index (χ3v) is 5.44. The van der Waals surface area contributed by atoms with E-state index in [4.69, 9.17) is 0 Å². The van der Waals surface area contributed by atoms with Gasteiger partial charge in [-0.1, -0.05) is 60.2 Å². The molecule has 0 fully saturated rings. The summed E-state index contributed by atoms with van der Waals surface area (Å²) >= 11 is 0. The van der Waals surface area contributed by atoms with Crippen molar-refractivity contribution in [1.29, 1.82) is 0 Å². The zero-order valence-electron chi connectivity index (χ0n) is 17.7. The van der Waals surface area contributed by atoms with E-state index >= 15 is 0 Å². The average molecular weight is 412 g/mol. The van der Waals surface area contributed by atoms with Crippen LogP contribution in [-0.4, -0.2) is 28.1 Å². The standard InChI is InChI=1S/C26H25N3O2/c1-17-8-10-19(11-9-17)14-15-27-24(20-6-4-3-5-7-20)25(31)22-16-28-26-21(22)12-13-23(29-26)18(2)30/h3-13,16,24,27H,14-15H2,1-2H3,(H,28,29)/t24-/m0/s1. The Morgan fingerprint density at radius 2 is 1.74 bits per heavy atom. The van der Waals surface area contributed by atoms with Crippen molar-refractivity contribution >= 4 is 22.6 Å². The molecule has 31 heavy (non-hydrogen) atoms. The van der Waals surface area contributed by atoms with Gasteiger partial charge < -0.3 is 10.3 Å².